The molecule has 0 unspecified atom stereocenters. The van der Waals surface area contributed by atoms with E-state index in [1.165, 1.54) is 18.2 Å². The lowest BCUT2D eigenvalue weighted by molar-refractivity contribution is 0.0601. The van der Waals surface area contributed by atoms with Crippen LogP contribution in [0, 0.1) is 0 Å². The molecule has 2 heteroatoms. The number of carbonyl (C=O) groups is 1. The van der Waals surface area contributed by atoms with Crippen molar-refractivity contribution in [2.45, 2.75) is 0 Å². The monoisotopic (exact) mass is 288 g/mol. The molecule has 0 bridgehead atoms. The van der Waals surface area contributed by atoms with Gasteiger partial charge in [-0.1, -0.05) is 66.7 Å². The van der Waals surface area contributed by atoms with Crippen LogP contribution in [0.3, 0.4) is 0 Å². The van der Waals surface area contributed by atoms with E-state index < -0.39 is 0 Å². The number of benzene rings is 3. The molecule has 0 aliphatic carbocycles. The van der Waals surface area contributed by atoms with Crippen LogP contribution >= 0.6 is 0 Å². The van der Waals surface area contributed by atoms with Gasteiger partial charge in [0.2, 0.25) is 0 Å². The van der Waals surface area contributed by atoms with Gasteiger partial charge in [-0.3, -0.25) is 0 Å². The predicted octanol–water partition coefficient (Wildman–Crippen LogP) is 4.81. The Bertz CT molecular complexity index is 757. The molecule has 0 aliphatic heterocycles. The summed E-state index contributed by atoms with van der Waals surface area (Å²) in [5.41, 5.74) is 5.15. The van der Waals surface area contributed by atoms with Crippen LogP contribution in [0.4, 0.5) is 0 Å². The van der Waals surface area contributed by atoms with Crippen molar-refractivity contribution in [2.75, 3.05) is 7.11 Å². The summed E-state index contributed by atoms with van der Waals surface area (Å²) < 4.78 is 4.71. The van der Waals surface area contributed by atoms with Crippen LogP contribution in [0.2, 0.25) is 0 Å². The Labute approximate surface area is 130 Å². The Kier molecular flexibility index (Phi) is 4.01. The number of carbonyl (C=O) groups excluding carboxylic acids is 1. The predicted molar refractivity (Wildman–Crippen MR) is 88.7 cm³/mol. The molecule has 0 fully saturated rings. The number of esters is 1. The Balaban J connectivity index is 1.85. The topological polar surface area (TPSA) is 26.3 Å². The van der Waals surface area contributed by atoms with E-state index in [1.54, 1.807) is 12.1 Å². The van der Waals surface area contributed by atoms with E-state index >= 15 is 0 Å². The van der Waals surface area contributed by atoms with Crippen molar-refractivity contribution < 1.29 is 9.53 Å². The smallest absolute Gasteiger partial charge is 0.337 e. The lowest BCUT2D eigenvalue weighted by atomic mass is 10.00. The first-order valence-electron chi connectivity index (χ1n) is 7.12. The number of ether oxygens (including phenoxy) is 1. The van der Waals surface area contributed by atoms with Crippen LogP contribution in [0.25, 0.3) is 22.3 Å². The van der Waals surface area contributed by atoms with Crippen molar-refractivity contribution in [1.29, 1.82) is 0 Å². The van der Waals surface area contributed by atoms with Crippen molar-refractivity contribution in [1.82, 2.24) is 0 Å². The minimum atomic E-state index is -0.314. The highest BCUT2D eigenvalue weighted by atomic mass is 16.5. The van der Waals surface area contributed by atoms with E-state index in [4.69, 9.17) is 4.74 Å². The summed E-state index contributed by atoms with van der Waals surface area (Å²) in [7, 11) is 1.39. The fraction of sp³-hybridized carbons (Fsp3) is 0.0500. The molecule has 22 heavy (non-hydrogen) atoms. The number of methoxy groups -OCH3 is 1. The molecule has 3 aromatic rings. The molecular weight excluding hydrogens is 272 g/mol. The van der Waals surface area contributed by atoms with Crippen molar-refractivity contribution >= 4 is 5.97 Å². The largest absolute Gasteiger partial charge is 0.465 e. The zero-order chi connectivity index (χ0) is 15.4. The van der Waals surface area contributed by atoms with Gasteiger partial charge >= 0.3 is 5.97 Å². The van der Waals surface area contributed by atoms with Crippen molar-refractivity contribution in [3.63, 3.8) is 0 Å². The molecule has 0 N–H and O–H groups in total. The van der Waals surface area contributed by atoms with Crippen LogP contribution in [0.1, 0.15) is 10.4 Å². The van der Waals surface area contributed by atoms with Crippen molar-refractivity contribution in [3.05, 3.63) is 84.4 Å². The molecule has 0 radical (unpaired) electrons. The third-order valence-electron chi connectivity index (χ3n) is 3.63. The van der Waals surface area contributed by atoms with Crippen molar-refractivity contribution in [2.24, 2.45) is 0 Å². The Morgan fingerprint density at radius 1 is 0.636 bits per heavy atom. The summed E-state index contributed by atoms with van der Waals surface area (Å²) in [6.07, 6.45) is 0. The van der Waals surface area contributed by atoms with Gasteiger partial charge in [0, 0.05) is 0 Å². The van der Waals surface area contributed by atoms with Crippen LogP contribution in [-0.2, 0) is 4.74 Å². The summed E-state index contributed by atoms with van der Waals surface area (Å²) in [6, 6.07) is 26.1. The van der Waals surface area contributed by atoms with Gasteiger partial charge in [0.05, 0.1) is 12.7 Å². The van der Waals surface area contributed by atoms with Crippen LogP contribution in [0.5, 0.6) is 0 Å². The quantitative estimate of drug-likeness (QED) is 0.647. The second-order valence-electron chi connectivity index (χ2n) is 5.01. The molecule has 3 aromatic carbocycles. The maximum atomic E-state index is 11.4. The van der Waals surface area contributed by atoms with E-state index in [0.29, 0.717) is 5.56 Å². The van der Waals surface area contributed by atoms with Gasteiger partial charge in [-0.2, -0.15) is 0 Å². The van der Waals surface area contributed by atoms with Crippen LogP contribution < -0.4 is 0 Å². The molecule has 0 atom stereocenters. The summed E-state index contributed by atoms with van der Waals surface area (Å²) in [5.74, 6) is -0.314. The first-order chi connectivity index (χ1) is 10.8. The zero-order valence-electron chi connectivity index (χ0n) is 12.3. The van der Waals surface area contributed by atoms with Gasteiger partial charge in [-0.05, 0) is 34.4 Å². The van der Waals surface area contributed by atoms with Gasteiger partial charge in [0.1, 0.15) is 0 Å². The SMILES string of the molecule is COC(=O)c1ccc(-c2ccc(-c3ccccc3)cc2)cc1. The van der Waals surface area contributed by atoms with E-state index in [1.807, 2.05) is 30.3 Å². The summed E-state index contributed by atoms with van der Waals surface area (Å²) in [5, 5.41) is 0. The summed E-state index contributed by atoms with van der Waals surface area (Å²) in [4.78, 5) is 11.4. The fourth-order valence-corrected chi connectivity index (χ4v) is 2.40. The minimum absolute atomic E-state index is 0.314. The molecule has 0 heterocycles. The lowest BCUT2D eigenvalue weighted by Crippen LogP contribution is -2.00. The van der Waals surface area contributed by atoms with E-state index in [-0.39, 0.29) is 5.97 Å². The molecule has 2 nitrogen and oxygen atoms in total. The molecule has 0 amide bonds. The average Bonchev–Trinajstić information content (AvgIpc) is 2.62. The van der Waals surface area contributed by atoms with Crippen LogP contribution in [0.15, 0.2) is 78.9 Å². The molecule has 0 saturated heterocycles. The normalized spacial score (nSPS) is 10.2. The fourth-order valence-electron chi connectivity index (χ4n) is 2.40. The molecule has 0 aromatic heterocycles. The zero-order valence-corrected chi connectivity index (χ0v) is 12.3. The minimum Gasteiger partial charge on any atom is -0.465 e. The third kappa shape index (κ3) is 2.91. The molecule has 0 spiro atoms. The van der Waals surface area contributed by atoms with Gasteiger partial charge in [0.15, 0.2) is 0 Å². The Hall–Kier alpha value is -2.87. The van der Waals surface area contributed by atoms with Gasteiger partial charge in [0.25, 0.3) is 0 Å². The second-order valence-corrected chi connectivity index (χ2v) is 5.01. The highest BCUT2D eigenvalue weighted by molar-refractivity contribution is 5.90. The molecular formula is C20H16O2. The third-order valence-corrected chi connectivity index (χ3v) is 3.63. The summed E-state index contributed by atoms with van der Waals surface area (Å²) in [6.45, 7) is 0. The van der Waals surface area contributed by atoms with Crippen LogP contribution in [-0.4, -0.2) is 13.1 Å². The van der Waals surface area contributed by atoms with Gasteiger partial charge in [-0.15, -0.1) is 0 Å². The highest BCUT2D eigenvalue weighted by Crippen LogP contribution is 2.25. The number of hydrogen-bond donors (Lipinski definition) is 0. The molecule has 108 valence electrons. The number of hydrogen-bond acceptors (Lipinski definition) is 2. The molecule has 0 aliphatic rings. The standard InChI is InChI=1S/C20H16O2/c1-22-20(21)19-13-11-18(12-14-19)17-9-7-16(8-10-17)15-5-3-2-4-6-15/h2-14H,1H3. The van der Waals surface area contributed by atoms with E-state index in [2.05, 4.69) is 36.4 Å². The van der Waals surface area contributed by atoms with E-state index in [9.17, 15) is 4.79 Å². The summed E-state index contributed by atoms with van der Waals surface area (Å²) >= 11 is 0. The molecule has 0 saturated carbocycles. The first kappa shape index (κ1) is 14.1. The number of rotatable bonds is 3. The van der Waals surface area contributed by atoms with Crippen molar-refractivity contribution in [3.8, 4) is 22.3 Å². The first-order valence-corrected chi connectivity index (χ1v) is 7.12. The maximum absolute atomic E-state index is 11.4. The highest BCUT2D eigenvalue weighted by Gasteiger charge is 2.05. The average molecular weight is 288 g/mol. The van der Waals surface area contributed by atoms with E-state index in [0.717, 1.165) is 11.1 Å². The van der Waals surface area contributed by atoms with Gasteiger partial charge in [-0.25, -0.2) is 4.79 Å². The lowest BCUT2D eigenvalue weighted by Gasteiger charge is -2.06. The Morgan fingerprint density at radius 2 is 1.05 bits per heavy atom. The maximum Gasteiger partial charge on any atom is 0.337 e. The second kappa shape index (κ2) is 6.27. The Morgan fingerprint density at radius 3 is 1.50 bits per heavy atom. The molecule has 3 rings (SSSR count). The van der Waals surface area contributed by atoms with Gasteiger partial charge < -0.3 is 4.74 Å².